The van der Waals surface area contributed by atoms with Crippen LogP contribution in [0.4, 0.5) is 0 Å². The summed E-state index contributed by atoms with van der Waals surface area (Å²) >= 11 is 0. The molecule has 0 amide bonds. The molecular weight excluding hydrogens is 280 g/mol. The van der Waals surface area contributed by atoms with Crippen molar-refractivity contribution in [2.45, 2.75) is 69.2 Å². The molecule has 5 atom stereocenters. The Morgan fingerprint density at radius 2 is 2.00 bits per heavy atom. The lowest BCUT2D eigenvalue weighted by atomic mass is 9.55. The van der Waals surface area contributed by atoms with Crippen molar-refractivity contribution in [1.82, 2.24) is 0 Å². The van der Waals surface area contributed by atoms with E-state index in [1.165, 1.54) is 19.3 Å². The van der Waals surface area contributed by atoms with Crippen LogP contribution in [0.1, 0.15) is 51.4 Å². The molecular formula is C18H28O4. The van der Waals surface area contributed by atoms with Gasteiger partial charge in [-0.05, 0) is 31.6 Å². The largest absolute Gasteiger partial charge is 0.393 e. The highest BCUT2D eigenvalue weighted by Crippen LogP contribution is 2.51. The van der Waals surface area contributed by atoms with Crippen LogP contribution in [0.3, 0.4) is 0 Å². The molecule has 3 rings (SSSR count). The molecule has 4 nitrogen and oxygen atoms in total. The van der Waals surface area contributed by atoms with Crippen molar-refractivity contribution in [3.63, 3.8) is 0 Å². The zero-order chi connectivity index (χ0) is 15.7. The fourth-order valence-electron chi connectivity index (χ4n) is 4.71. The Morgan fingerprint density at radius 1 is 1.27 bits per heavy atom. The summed E-state index contributed by atoms with van der Waals surface area (Å²) in [4.78, 5) is 12.0. The SMILES string of the molecule is CO[C@]12CC[C@@H](O)[C@H](/C=C/[C@H](O)C3CCCCC3)[C@H]1CC2=O. The maximum absolute atomic E-state index is 12.0. The van der Waals surface area contributed by atoms with Crippen molar-refractivity contribution in [2.24, 2.45) is 17.8 Å². The van der Waals surface area contributed by atoms with Gasteiger partial charge in [-0.2, -0.15) is 0 Å². The zero-order valence-corrected chi connectivity index (χ0v) is 13.4. The van der Waals surface area contributed by atoms with E-state index >= 15 is 0 Å². The lowest BCUT2D eigenvalue weighted by Gasteiger charge is -2.54. The Balaban J connectivity index is 1.67. The van der Waals surface area contributed by atoms with Crippen LogP contribution in [0, 0.1) is 17.8 Å². The monoisotopic (exact) mass is 308 g/mol. The van der Waals surface area contributed by atoms with Crippen LogP contribution in [0.25, 0.3) is 0 Å². The second kappa shape index (κ2) is 6.42. The zero-order valence-electron chi connectivity index (χ0n) is 13.4. The third-order valence-electron chi connectivity index (χ3n) is 6.22. The third-order valence-corrected chi connectivity index (χ3v) is 6.22. The summed E-state index contributed by atoms with van der Waals surface area (Å²) in [6, 6.07) is 0. The highest BCUT2D eigenvalue weighted by atomic mass is 16.5. The Bertz CT molecular complexity index is 440. The summed E-state index contributed by atoms with van der Waals surface area (Å²) in [5.74, 6) is 0.493. The number of carbonyl (C=O) groups is 1. The molecule has 0 bridgehead atoms. The first-order chi connectivity index (χ1) is 10.6. The quantitative estimate of drug-likeness (QED) is 0.782. The lowest BCUT2D eigenvalue weighted by Crippen LogP contribution is -2.64. The molecule has 0 unspecified atom stereocenters. The van der Waals surface area contributed by atoms with Crippen LogP contribution in [-0.4, -0.2) is 40.9 Å². The lowest BCUT2D eigenvalue weighted by molar-refractivity contribution is -0.191. The molecule has 124 valence electrons. The van der Waals surface area contributed by atoms with Gasteiger partial charge in [0.1, 0.15) is 5.60 Å². The van der Waals surface area contributed by atoms with E-state index < -0.39 is 17.8 Å². The van der Waals surface area contributed by atoms with Gasteiger partial charge in [0, 0.05) is 25.4 Å². The van der Waals surface area contributed by atoms with Gasteiger partial charge in [0.2, 0.25) is 0 Å². The standard InChI is InChI=1S/C18H28O4/c1-22-18-10-9-16(20)13(14(18)11-17(18)21)7-8-15(19)12-5-3-2-4-6-12/h7-8,12-16,19-20H,2-6,9-11H2,1H3/b8-7+/t13-,14-,15+,16-,18-/m1/s1. The molecule has 3 aliphatic rings. The number of ether oxygens (including phenoxy) is 1. The Morgan fingerprint density at radius 3 is 2.64 bits per heavy atom. The van der Waals surface area contributed by atoms with Crippen molar-refractivity contribution in [3.8, 4) is 0 Å². The number of aliphatic hydroxyl groups excluding tert-OH is 2. The molecule has 4 heteroatoms. The molecule has 2 N–H and O–H groups in total. The first-order valence-corrected chi connectivity index (χ1v) is 8.71. The Hall–Kier alpha value is -0.710. The summed E-state index contributed by atoms with van der Waals surface area (Å²) in [6.07, 6.45) is 10.5. The van der Waals surface area contributed by atoms with Crippen LogP contribution in [0.2, 0.25) is 0 Å². The van der Waals surface area contributed by atoms with Crippen LogP contribution in [0.15, 0.2) is 12.2 Å². The molecule has 0 aliphatic heterocycles. The fourth-order valence-corrected chi connectivity index (χ4v) is 4.71. The van der Waals surface area contributed by atoms with E-state index in [9.17, 15) is 15.0 Å². The molecule has 22 heavy (non-hydrogen) atoms. The summed E-state index contributed by atoms with van der Waals surface area (Å²) in [5.41, 5.74) is -0.677. The predicted molar refractivity (Wildman–Crippen MR) is 83.3 cm³/mol. The van der Waals surface area contributed by atoms with Crippen LogP contribution in [-0.2, 0) is 9.53 Å². The van der Waals surface area contributed by atoms with E-state index in [1.54, 1.807) is 7.11 Å². The number of ketones is 1. The van der Waals surface area contributed by atoms with E-state index in [0.717, 1.165) is 12.8 Å². The van der Waals surface area contributed by atoms with Gasteiger partial charge in [0.05, 0.1) is 12.2 Å². The van der Waals surface area contributed by atoms with Crippen LogP contribution in [0.5, 0.6) is 0 Å². The molecule has 0 radical (unpaired) electrons. The third kappa shape index (κ3) is 2.66. The smallest absolute Gasteiger partial charge is 0.165 e. The van der Waals surface area contributed by atoms with E-state index in [2.05, 4.69) is 0 Å². The normalized spacial score (nSPS) is 41.2. The van der Waals surface area contributed by atoms with Gasteiger partial charge in [-0.3, -0.25) is 4.79 Å². The second-order valence-electron chi connectivity index (χ2n) is 7.28. The molecule has 3 saturated carbocycles. The fraction of sp³-hybridized carbons (Fsp3) is 0.833. The topological polar surface area (TPSA) is 66.8 Å². The van der Waals surface area contributed by atoms with Gasteiger partial charge >= 0.3 is 0 Å². The van der Waals surface area contributed by atoms with Crippen molar-refractivity contribution in [2.75, 3.05) is 7.11 Å². The number of hydrogen-bond donors (Lipinski definition) is 2. The summed E-state index contributed by atoms with van der Waals surface area (Å²) in [7, 11) is 1.60. The highest BCUT2D eigenvalue weighted by molar-refractivity contribution is 5.94. The van der Waals surface area contributed by atoms with Gasteiger partial charge < -0.3 is 14.9 Å². The van der Waals surface area contributed by atoms with Gasteiger partial charge in [0.15, 0.2) is 5.78 Å². The molecule has 0 aromatic heterocycles. The average molecular weight is 308 g/mol. The van der Waals surface area contributed by atoms with E-state index in [0.29, 0.717) is 25.2 Å². The summed E-state index contributed by atoms with van der Waals surface area (Å²) in [5, 5.41) is 20.7. The first-order valence-electron chi connectivity index (χ1n) is 8.71. The number of rotatable bonds is 4. The average Bonchev–Trinajstić information content (AvgIpc) is 2.54. The molecule has 0 spiro atoms. The van der Waals surface area contributed by atoms with E-state index in [1.807, 2.05) is 12.2 Å². The van der Waals surface area contributed by atoms with E-state index in [4.69, 9.17) is 4.74 Å². The molecule has 0 aromatic rings. The molecule has 3 aliphatic carbocycles. The van der Waals surface area contributed by atoms with Crippen molar-refractivity contribution in [1.29, 1.82) is 0 Å². The van der Waals surface area contributed by atoms with Gasteiger partial charge in [-0.25, -0.2) is 0 Å². The number of hydrogen-bond acceptors (Lipinski definition) is 4. The maximum atomic E-state index is 12.0. The summed E-state index contributed by atoms with van der Waals surface area (Å²) in [6.45, 7) is 0. The van der Waals surface area contributed by atoms with Gasteiger partial charge in [-0.15, -0.1) is 0 Å². The number of Topliss-reactive ketones (excluding diaryl/α,β-unsaturated/α-hetero) is 1. The second-order valence-corrected chi connectivity index (χ2v) is 7.28. The molecule has 0 aromatic carbocycles. The Labute approximate surface area is 132 Å². The number of methoxy groups -OCH3 is 1. The minimum absolute atomic E-state index is 0.0588. The maximum Gasteiger partial charge on any atom is 0.165 e. The molecule has 0 saturated heterocycles. The number of carbonyl (C=O) groups excluding carboxylic acids is 1. The van der Waals surface area contributed by atoms with Crippen molar-refractivity contribution < 1.29 is 19.7 Å². The summed E-state index contributed by atoms with van der Waals surface area (Å²) < 4.78 is 5.53. The van der Waals surface area contributed by atoms with Gasteiger partial charge in [0.25, 0.3) is 0 Å². The number of aliphatic hydroxyl groups is 2. The van der Waals surface area contributed by atoms with Gasteiger partial charge in [-0.1, -0.05) is 31.4 Å². The predicted octanol–water partition coefficient (Wildman–Crippen LogP) is 2.23. The van der Waals surface area contributed by atoms with Crippen molar-refractivity contribution >= 4 is 5.78 Å². The van der Waals surface area contributed by atoms with Crippen LogP contribution >= 0.6 is 0 Å². The minimum atomic E-state index is -0.677. The van der Waals surface area contributed by atoms with Crippen LogP contribution < -0.4 is 0 Å². The Kier molecular flexibility index (Phi) is 4.72. The highest BCUT2D eigenvalue weighted by Gasteiger charge is 2.60. The number of fused-ring (bicyclic) bond motifs is 1. The minimum Gasteiger partial charge on any atom is -0.393 e. The van der Waals surface area contributed by atoms with E-state index in [-0.39, 0.29) is 17.6 Å². The molecule has 3 fully saturated rings. The molecule has 0 heterocycles. The van der Waals surface area contributed by atoms with Crippen molar-refractivity contribution in [3.05, 3.63) is 12.2 Å². The first kappa shape index (κ1) is 16.2.